The van der Waals surface area contributed by atoms with Crippen molar-refractivity contribution < 1.29 is 0 Å². The molecule has 0 radical (unpaired) electrons. The van der Waals surface area contributed by atoms with Crippen molar-refractivity contribution in [3.05, 3.63) is 82.8 Å². The molecule has 0 unspecified atom stereocenters. The molecule has 0 N–H and O–H groups in total. The third-order valence-corrected chi connectivity index (χ3v) is 3.59. The van der Waals surface area contributed by atoms with Gasteiger partial charge in [-0.15, -0.1) is 0 Å². The van der Waals surface area contributed by atoms with Gasteiger partial charge in [-0.3, -0.25) is 4.79 Å². The molecule has 0 aliphatic rings. The molecule has 0 aliphatic carbocycles. The summed E-state index contributed by atoms with van der Waals surface area (Å²) < 4.78 is 1.81. The zero-order valence-electron chi connectivity index (χ0n) is 11.3. The molecule has 0 bridgehead atoms. The Balaban J connectivity index is 1.75. The lowest BCUT2D eigenvalue weighted by molar-refractivity contribution is 0.626. The first-order valence-electron chi connectivity index (χ1n) is 6.97. The van der Waals surface area contributed by atoms with Crippen LogP contribution in [0.3, 0.4) is 0 Å². The van der Waals surface area contributed by atoms with Crippen LogP contribution < -0.4 is 5.56 Å². The van der Waals surface area contributed by atoms with Crippen molar-refractivity contribution >= 4 is 10.8 Å². The first-order chi connectivity index (χ1) is 9.84. The highest BCUT2D eigenvalue weighted by Gasteiger charge is 2.01. The zero-order chi connectivity index (χ0) is 13.8. The third-order valence-electron chi connectivity index (χ3n) is 3.59. The molecule has 3 rings (SSSR count). The van der Waals surface area contributed by atoms with Crippen molar-refractivity contribution in [1.29, 1.82) is 0 Å². The second kappa shape index (κ2) is 5.74. The van der Waals surface area contributed by atoms with Crippen LogP contribution in [0.5, 0.6) is 0 Å². The number of aryl methyl sites for hydroxylation is 2. The highest BCUT2D eigenvalue weighted by Crippen LogP contribution is 2.09. The second-order valence-electron chi connectivity index (χ2n) is 4.99. The molecule has 0 atom stereocenters. The lowest BCUT2D eigenvalue weighted by Gasteiger charge is -2.07. The van der Waals surface area contributed by atoms with E-state index in [1.807, 2.05) is 47.2 Å². The molecular formula is C18H17NO. The predicted molar refractivity (Wildman–Crippen MR) is 83.0 cm³/mol. The minimum Gasteiger partial charge on any atom is -0.315 e. The van der Waals surface area contributed by atoms with Crippen LogP contribution >= 0.6 is 0 Å². The number of nitrogens with zero attached hydrogens (tertiary/aromatic N) is 1. The molecule has 0 saturated carbocycles. The molecule has 20 heavy (non-hydrogen) atoms. The van der Waals surface area contributed by atoms with Crippen molar-refractivity contribution in [3.63, 3.8) is 0 Å². The topological polar surface area (TPSA) is 22.0 Å². The molecule has 2 aromatic carbocycles. The maximum atomic E-state index is 12.3. The van der Waals surface area contributed by atoms with Gasteiger partial charge < -0.3 is 4.57 Å². The van der Waals surface area contributed by atoms with Crippen molar-refractivity contribution in [1.82, 2.24) is 4.57 Å². The highest BCUT2D eigenvalue weighted by atomic mass is 16.1. The van der Waals surface area contributed by atoms with E-state index in [2.05, 4.69) is 24.3 Å². The summed E-state index contributed by atoms with van der Waals surface area (Å²) in [6.07, 6.45) is 3.87. The van der Waals surface area contributed by atoms with Crippen LogP contribution in [0.1, 0.15) is 12.0 Å². The summed E-state index contributed by atoms with van der Waals surface area (Å²) in [6.45, 7) is 0.762. The summed E-state index contributed by atoms with van der Waals surface area (Å²) in [6, 6.07) is 20.1. The van der Waals surface area contributed by atoms with Gasteiger partial charge in [-0.05, 0) is 35.9 Å². The molecule has 3 aromatic rings. The van der Waals surface area contributed by atoms with Crippen LogP contribution in [0.2, 0.25) is 0 Å². The molecule has 1 aromatic heterocycles. The summed E-state index contributed by atoms with van der Waals surface area (Å²) >= 11 is 0. The van der Waals surface area contributed by atoms with Gasteiger partial charge in [0.15, 0.2) is 0 Å². The molecule has 100 valence electrons. The van der Waals surface area contributed by atoms with E-state index >= 15 is 0 Å². The van der Waals surface area contributed by atoms with Crippen LogP contribution in [0.15, 0.2) is 71.7 Å². The molecule has 0 fully saturated rings. The summed E-state index contributed by atoms with van der Waals surface area (Å²) in [4.78, 5) is 12.3. The van der Waals surface area contributed by atoms with E-state index in [9.17, 15) is 4.79 Å². The first-order valence-corrected chi connectivity index (χ1v) is 6.97. The Kier molecular flexibility index (Phi) is 3.64. The van der Waals surface area contributed by atoms with Gasteiger partial charge in [0, 0.05) is 18.1 Å². The maximum absolute atomic E-state index is 12.3. The van der Waals surface area contributed by atoms with E-state index in [0.29, 0.717) is 0 Å². The van der Waals surface area contributed by atoms with Crippen molar-refractivity contribution in [2.75, 3.05) is 0 Å². The Morgan fingerprint density at radius 2 is 1.60 bits per heavy atom. The number of fused-ring (bicyclic) bond motifs is 1. The fourth-order valence-electron chi connectivity index (χ4n) is 2.50. The van der Waals surface area contributed by atoms with Crippen LogP contribution in [-0.2, 0) is 13.0 Å². The van der Waals surface area contributed by atoms with Crippen LogP contribution in [0.4, 0.5) is 0 Å². The average Bonchev–Trinajstić information content (AvgIpc) is 2.51. The largest absolute Gasteiger partial charge is 0.315 e. The lowest BCUT2D eigenvalue weighted by Crippen LogP contribution is -2.19. The monoisotopic (exact) mass is 263 g/mol. The smallest absolute Gasteiger partial charge is 0.258 e. The Bertz CT molecular complexity index is 759. The van der Waals surface area contributed by atoms with Crippen molar-refractivity contribution in [2.24, 2.45) is 0 Å². The maximum Gasteiger partial charge on any atom is 0.258 e. The van der Waals surface area contributed by atoms with Gasteiger partial charge in [0.25, 0.3) is 5.56 Å². The number of pyridine rings is 1. The van der Waals surface area contributed by atoms with Crippen molar-refractivity contribution in [2.45, 2.75) is 19.4 Å². The van der Waals surface area contributed by atoms with E-state index in [-0.39, 0.29) is 5.56 Å². The number of rotatable bonds is 4. The third kappa shape index (κ3) is 2.64. The van der Waals surface area contributed by atoms with Gasteiger partial charge >= 0.3 is 0 Å². The van der Waals surface area contributed by atoms with E-state index in [0.717, 1.165) is 30.2 Å². The molecule has 0 aliphatic heterocycles. The minimum absolute atomic E-state index is 0.108. The lowest BCUT2D eigenvalue weighted by atomic mass is 10.1. The van der Waals surface area contributed by atoms with Crippen LogP contribution in [0.25, 0.3) is 10.8 Å². The van der Waals surface area contributed by atoms with Crippen LogP contribution in [0, 0.1) is 0 Å². The Hall–Kier alpha value is -2.35. The van der Waals surface area contributed by atoms with Gasteiger partial charge in [-0.1, -0.05) is 48.5 Å². The molecule has 0 saturated heterocycles. The second-order valence-corrected chi connectivity index (χ2v) is 4.99. The molecule has 0 amide bonds. The van der Waals surface area contributed by atoms with E-state index in [4.69, 9.17) is 0 Å². The van der Waals surface area contributed by atoms with E-state index in [1.165, 1.54) is 5.56 Å². The van der Waals surface area contributed by atoms with E-state index < -0.39 is 0 Å². The Morgan fingerprint density at radius 1 is 0.850 bits per heavy atom. The molecular weight excluding hydrogens is 246 g/mol. The number of benzene rings is 2. The number of aromatic nitrogens is 1. The fourth-order valence-corrected chi connectivity index (χ4v) is 2.50. The number of hydrogen-bond acceptors (Lipinski definition) is 1. The number of hydrogen-bond donors (Lipinski definition) is 0. The quantitative estimate of drug-likeness (QED) is 0.704. The SMILES string of the molecule is O=c1c2ccccc2ccn1CCCc1ccccc1. The summed E-state index contributed by atoms with van der Waals surface area (Å²) in [5, 5.41) is 1.81. The zero-order valence-corrected chi connectivity index (χ0v) is 11.3. The first kappa shape index (κ1) is 12.7. The predicted octanol–water partition coefficient (Wildman–Crippen LogP) is 3.63. The summed E-state index contributed by atoms with van der Waals surface area (Å²) in [7, 11) is 0. The van der Waals surface area contributed by atoms with Gasteiger partial charge in [0.05, 0.1) is 0 Å². The molecule has 2 heteroatoms. The van der Waals surface area contributed by atoms with Crippen LogP contribution in [-0.4, -0.2) is 4.57 Å². The molecule has 1 heterocycles. The Labute approximate surface area is 118 Å². The van der Waals surface area contributed by atoms with Crippen molar-refractivity contribution in [3.8, 4) is 0 Å². The standard InChI is InChI=1S/C18H17NO/c20-18-17-11-5-4-10-16(17)12-14-19(18)13-6-9-15-7-2-1-3-8-15/h1-5,7-8,10-12,14H,6,9,13H2. The summed E-state index contributed by atoms with van der Waals surface area (Å²) in [5.74, 6) is 0. The molecule has 0 spiro atoms. The van der Waals surface area contributed by atoms with Gasteiger partial charge in [-0.2, -0.15) is 0 Å². The normalized spacial score (nSPS) is 10.8. The van der Waals surface area contributed by atoms with Gasteiger partial charge in [-0.25, -0.2) is 0 Å². The highest BCUT2D eigenvalue weighted by molar-refractivity contribution is 5.81. The Morgan fingerprint density at radius 3 is 2.45 bits per heavy atom. The van der Waals surface area contributed by atoms with Gasteiger partial charge in [0.2, 0.25) is 0 Å². The van der Waals surface area contributed by atoms with Gasteiger partial charge in [0.1, 0.15) is 0 Å². The fraction of sp³-hybridized carbons (Fsp3) is 0.167. The molecule has 2 nitrogen and oxygen atoms in total. The average molecular weight is 263 g/mol. The minimum atomic E-state index is 0.108. The summed E-state index contributed by atoms with van der Waals surface area (Å²) in [5.41, 5.74) is 1.43. The van der Waals surface area contributed by atoms with E-state index in [1.54, 1.807) is 0 Å².